The van der Waals surface area contributed by atoms with Gasteiger partial charge in [0.25, 0.3) is 5.56 Å². The van der Waals surface area contributed by atoms with Crippen molar-refractivity contribution in [1.29, 1.82) is 10.5 Å². The Labute approximate surface area is 162 Å². The van der Waals surface area contributed by atoms with Crippen molar-refractivity contribution in [1.82, 2.24) is 14.5 Å². The SMILES string of the molecule is CC(C)n1c(SCC(=O)N(CCC#N)CCC#N)nc2ccccc2c1=O. The van der Waals surface area contributed by atoms with E-state index in [9.17, 15) is 9.59 Å². The molecule has 2 rings (SSSR count). The summed E-state index contributed by atoms with van der Waals surface area (Å²) in [6.07, 6.45) is 0.430. The molecule has 0 saturated heterocycles. The first-order valence-electron chi connectivity index (χ1n) is 8.65. The lowest BCUT2D eigenvalue weighted by Gasteiger charge is -2.21. The number of carbonyl (C=O) groups is 1. The Morgan fingerprint density at radius 2 is 1.85 bits per heavy atom. The highest BCUT2D eigenvalue weighted by atomic mass is 32.2. The number of hydrogen-bond donors (Lipinski definition) is 0. The Kier molecular flexibility index (Phi) is 7.39. The van der Waals surface area contributed by atoms with Crippen LogP contribution in [0.2, 0.25) is 0 Å². The molecule has 0 atom stereocenters. The van der Waals surface area contributed by atoms with Gasteiger partial charge in [-0.2, -0.15) is 10.5 Å². The summed E-state index contributed by atoms with van der Waals surface area (Å²) in [5.41, 5.74) is 0.469. The summed E-state index contributed by atoms with van der Waals surface area (Å²) in [4.78, 5) is 31.4. The van der Waals surface area contributed by atoms with Gasteiger partial charge in [0.1, 0.15) is 0 Å². The van der Waals surface area contributed by atoms with Gasteiger partial charge in [0.05, 0.1) is 41.6 Å². The van der Waals surface area contributed by atoms with Crippen LogP contribution in [0, 0.1) is 22.7 Å². The second-order valence-electron chi connectivity index (χ2n) is 6.17. The number of thioether (sulfide) groups is 1. The van der Waals surface area contributed by atoms with Crippen LogP contribution in [0.25, 0.3) is 10.9 Å². The van der Waals surface area contributed by atoms with Crippen LogP contribution in [0.1, 0.15) is 32.7 Å². The van der Waals surface area contributed by atoms with E-state index in [1.807, 2.05) is 32.1 Å². The zero-order chi connectivity index (χ0) is 19.8. The second-order valence-corrected chi connectivity index (χ2v) is 7.11. The quantitative estimate of drug-likeness (QED) is 0.513. The molecule has 0 radical (unpaired) electrons. The minimum absolute atomic E-state index is 0.0916. The minimum atomic E-state index is -0.178. The van der Waals surface area contributed by atoms with Crippen LogP contribution in [-0.2, 0) is 4.79 Å². The molecule has 0 N–H and O–H groups in total. The smallest absolute Gasteiger partial charge is 0.262 e. The van der Waals surface area contributed by atoms with Crippen LogP contribution in [0.5, 0.6) is 0 Å². The van der Waals surface area contributed by atoms with Gasteiger partial charge in [-0.3, -0.25) is 14.2 Å². The maximum Gasteiger partial charge on any atom is 0.262 e. The Hall–Kier alpha value is -2.84. The Bertz CT molecular complexity index is 937. The largest absolute Gasteiger partial charge is 0.340 e. The maximum absolute atomic E-state index is 12.8. The van der Waals surface area contributed by atoms with E-state index in [-0.39, 0.29) is 36.1 Å². The summed E-state index contributed by atoms with van der Waals surface area (Å²) in [6, 6.07) is 11.1. The van der Waals surface area contributed by atoms with Crippen molar-refractivity contribution in [2.75, 3.05) is 18.8 Å². The molecule has 140 valence electrons. The highest BCUT2D eigenvalue weighted by Gasteiger charge is 2.18. The van der Waals surface area contributed by atoms with Crippen molar-refractivity contribution in [3.63, 3.8) is 0 Å². The first-order valence-corrected chi connectivity index (χ1v) is 9.64. The topological polar surface area (TPSA) is 103 Å². The van der Waals surface area contributed by atoms with E-state index in [1.165, 1.54) is 16.7 Å². The third-order valence-corrected chi connectivity index (χ3v) is 4.89. The van der Waals surface area contributed by atoms with Gasteiger partial charge < -0.3 is 4.90 Å². The van der Waals surface area contributed by atoms with Crippen LogP contribution in [0.3, 0.4) is 0 Å². The summed E-state index contributed by atoms with van der Waals surface area (Å²) < 4.78 is 1.59. The maximum atomic E-state index is 12.8. The Morgan fingerprint density at radius 1 is 1.22 bits per heavy atom. The average molecular weight is 383 g/mol. The number of nitrogens with zero attached hydrogens (tertiary/aromatic N) is 5. The number of amides is 1. The van der Waals surface area contributed by atoms with E-state index < -0.39 is 0 Å². The molecule has 0 fully saturated rings. The van der Waals surface area contributed by atoms with Crippen molar-refractivity contribution in [2.45, 2.75) is 37.9 Å². The van der Waals surface area contributed by atoms with Gasteiger partial charge in [0.2, 0.25) is 5.91 Å². The fourth-order valence-corrected chi connectivity index (χ4v) is 3.66. The first-order chi connectivity index (χ1) is 13.0. The predicted octanol–water partition coefficient (Wildman–Crippen LogP) is 2.73. The predicted molar refractivity (Wildman–Crippen MR) is 104 cm³/mol. The summed E-state index contributed by atoms with van der Waals surface area (Å²) in [5.74, 6) is -0.0860. The summed E-state index contributed by atoms with van der Waals surface area (Å²) in [7, 11) is 0. The molecule has 1 amide bonds. The van der Waals surface area contributed by atoms with Crippen LogP contribution in [0.15, 0.2) is 34.2 Å². The van der Waals surface area contributed by atoms with Crippen molar-refractivity contribution in [3.8, 4) is 12.1 Å². The van der Waals surface area contributed by atoms with Gasteiger partial charge in [-0.05, 0) is 26.0 Å². The highest BCUT2D eigenvalue weighted by Crippen LogP contribution is 2.21. The van der Waals surface area contributed by atoms with E-state index in [0.717, 1.165) is 0 Å². The average Bonchev–Trinajstić information content (AvgIpc) is 2.66. The molecule has 1 aromatic carbocycles. The molecule has 1 heterocycles. The standard InChI is InChI=1S/C19H21N5O2S/c1-14(2)24-18(26)15-7-3-4-8-16(15)22-19(24)27-13-17(25)23(11-5-9-20)12-6-10-21/h3-4,7-8,14H,5-6,11-13H2,1-2H3. The van der Waals surface area contributed by atoms with Crippen LogP contribution >= 0.6 is 11.8 Å². The number of nitriles is 2. The molecule has 0 aliphatic heterocycles. The molecule has 0 saturated carbocycles. The molecule has 2 aromatic rings. The molecule has 7 nitrogen and oxygen atoms in total. The van der Waals surface area contributed by atoms with Gasteiger partial charge >= 0.3 is 0 Å². The fourth-order valence-electron chi connectivity index (χ4n) is 2.63. The third kappa shape index (κ3) is 5.08. The normalized spacial score (nSPS) is 10.6. The Balaban J connectivity index is 2.25. The Morgan fingerprint density at radius 3 is 2.44 bits per heavy atom. The number of rotatable bonds is 8. The van der Waals surface area contributed by atoms with E-state index in [4.69, 9.17) is 10.5 Å². The molecular formula is C19H21N5O2S. The number of aromatic nitrogens is 2. The highest BCUT2D eigenvalue weighted by molar-refractivity contribution is 7.99. The van der Waals surface area contributed by atoms with Crippen molar-refractivity contribution in [2.24, 2.45) is 0 Å². The lowest BCUT2D eigenvalue weighted by atomic mass is 10.2. The lowest BCUT2D eigenvalue weighted by Crippen LogP contribution is -2.34. The third-order valence-electron chi connectivity index (χ3n) is 3.96. The molecule has 27 heavy (non-hydrogen) atoms. The van der Waals surface area contributed by atoms with E-state index in [2.05, 4.69) is 4.98 Å². The number of para-hydroxylation sites is 1. The molecule has 8 heteroatoms. The molecule has 0 aliphatic carbocycles. The molecule has 0 unspecified atom stereocenters. The summed E-state index contributed by atoms with van der Waals surface area (Å²) in [5, 5.41) is 18.5. The zero-order valence-corrected chi connectivity index (χ0v) is 16.2. The summed E-state index contributed by atoms with van der Waals surface area (Å²) >= 11 is 1.20. The number of carbonyl (C=O) groups excluding carboxylic acids is 1. The number of fused-ring (bicyclic) bond motifs is 1. The molecule has 1 aromatic heterocycles. The summed E-state index contributed by atoms with van der Waals surface area (Å²) in [6.45, 7) is 4.38. The molecule has 0 aliphatic rings. The molecular weight excluding hydrogens is 362 g/mol. The molecule has 0 bridgehead atoms. The van der Waals surface area contributed by atoms with E-state index in [0.29, 0.717) is 29.1 Å². The zero-order valence-electron chi connectivity index (χ0n) is 15.4. The number of benzene rings is 1. The van der Waals surface area contributed by atoms with E-state index >= 15 is 0 Å². The van der Waals surface area contributed by atoms with Crippen LogP contribution in [0.4, 0.5) is 0 Å². The van der Waals surface area contributed by atoms with Crippen molar-refractivity contribution in [3.05, 3.63) is 34.6 Å². The first kappa shape index (κ1) is 20.5. The van der Waals surface area contributed by atoms with Crippen LogP contribution in [-0.4, -0.2) is 39.2 Å². The van der Waals surface area contributed by atoms with Gasteiger partial charge in [-0.15, -0.1) is 0 Å². The van der Waals surface area contributed by atoms with Crippen LogP contribution < -0.4 is 5.56 Å². The number of hydrogen-bond acceptors (Lipinski definition) is 6. The fraction of sp³-hybridized carbons (Fsp3) is 0.421. The minimum Gasteiger partial charge on any atom is -0.340 e. The monoisotopic (exact) mass is 383 g/mol. The lowest BCUT2D eigenvalue weighted by molar-refractivity contribution is -0.128. The second kappa shape index (κ2) is 9.75. The molecule has 0 spiro atoms. The van der Waals surface area contributed by atoms with Gasteiger partial charge in [-0.1, -0.05) is 23.9 Å². The van der Waals surface area contributed by atoms with E-state index in [1.54, 1.807) is 22.8 Å². The van der Waals surface area contributed by atoms with Crippen molar-refractivity contribution < 1.29 is 4.79 Å². The van der Waals surface area contributed by atoms with Gasteiger partial charge in [-0.25, -0.2) is 4.98 Å². The van der Waals surface area contributed by atoms with Gasteiger partial charge in [0, 0.05) is 19.1 Å². The van der Waals surface area contributed by atoms with Gasteiger partial charge in [0.15, 0.2) is 5.16 Å². The van der Waals surface area contributed by atoms with Crippen molar-refractivity contribution >= 4 is 28.6 Å².